The molecule has 0 saturated heterocycles. The summed E-state index contributed by atoms with van der Waals surface area (Å²) < 4.78 is 0. The Labute approximate surface area is 99.8 Å². The van der Waals surface area contributed by atoms with Gasteiger partial charge in [0.05, 0.1) is 6.10 Å². The predicted octanol–water partition coefficient (Wildman–Crippen LogP) is 2.85. The molecule has 2 saturated carbocycles. The lowest BCUT2D eigenvalue weighted by Crippen LogP contribution is -2.44. The maximum absolute atomic E-state index is 10.1. The molecule has 0 heterocycles. The molecule has 0 aromatic rings. The molecule has 2 heteroatoms. The topological polar surface area (TPSA) is 32.3 Å². The minimum Gasteiger partial charge on any atom is -0.392 e. The minimum atomic E-state index is -0.0943. The van der Waals surface area contributed by atoms with Crippen LogP contribution >= 0.6 is 0 Å². The molecule has 94 valence electrons. The Balaban J connectivity index is 1.79. The molecule has 0 aliphatic heterocycles. The summed E-state index contributed by atoms with van der Waals surface area (Å²) in [6.07, 6.45) is 11.3. The van der Waals surface area contributed by atoms with E-state index >= 15 is 0 Å². The molecule has 0 amide bonds. The van der Waals surface area contributed by atoms with Crippen molar-refractivity contribution in [3.8, 4) is 0 Å². The van der Waals surface area contributed by atoms with Gasteiger partial charge in [-0.1, -0.05) is 32.6 Å². The third kappa shape index (κ3) is 3.21. The summed E-state index contributed by atoms with van der Waals surface area (Å²) in [7, 11) is 0. The molecule has 2 rings (SSSR count). The Bertz CT molecular complexity index is 207. The van der Waals surface area contributed by atoms with Crippen LogP contribution in [-0.2, 0) is 0 Å². The number of hydrogen-bond acceptors (Lipinski definition) is 2. The van der Waals surface area contributed by atoms with Gasteiger partial charge in [0.1, 0.15) is 0 Å². The Kier molecular flexibility index (Phi) is 4.66. The molecule has 4 unspecified atom stereocenters. The van der Waals surface area contributed by atoms with Crippen molar-refractivity contribution in [3.63, 3.8) is 0 Å². The van der Waals surface area contributed by atoms with Crippen molar-refractivity contribution < 1.29 is 5.11 Å². The maximum Gasteiger partial charge on any atom is 0.0693 e. The van der Waals surface area contributed by atoms with E-state index < -0.39 is 0 Å². The van der Waals surface area contributed by atoms with Gasteiger partial charge in [0.15, 0.2) is 0 Å². The summed E-state index contributed by atoms with van der Waals surface area (Å²) in [4.78, 5) is 0. The Morgan fingerprint density at radius 2 is 1.88 bits per heavy atom. The van der Waals surface area contributed by atoms with Gasteiger partial charge in [-0.15, -0.1) is 0 Å². The van der Waals surface area contributed by atoms with Crippen molar-refractivity contribution >= 4 is 0 Å². The first-order valence-electron chi connectivity index (χ1n) is 7.23. The second-order valence-corrected chi connectivity index (χ2v) is 5.76. The molecule has 16 heavy (non-hydrogen) atoms. The largest absolute Gasteiger partial charge is 0.392 e. The van der Waals surface area contributed by atoms with E-state index in [0.29, 0.717) is 12.1 Å². The third-order valence-electron chi connectivity index (χ3n) is 4.55. The molecule has 0 aromatic carbocycles. The Hall–Kier alpha value is -0.0800. The lowest BCUT2D eigenvalue weighted by Gasteiger charge is -2.25. The monoisotopic (exact) mass is 225 g/mol. The van der Waals surface area contributed by atoms with Gasteiger partial charge in [-0.2, -0.15) is 0 Å². The Morgan fingerprint density at radius 1 is 1.06 bits per heavy atom. The first-order chi connectivity index (χ1) is 7.79. The molecule has 0 aromatic heterocycles. The molecule has 2 N–H and O–H groups in total. The normalized spacial score (nSPS) is 40.9. The van der Waals surface area contributed by atoms with Gasteiger partial charge >= 0.3 is 0 Å². The highest BCUT2D eigenvalue weighted by atomic mass is 16.3. The average molecular weight is 225 g/mol. The molecule has 4 atom stereocenters. The molecular weight excluding hydrogens is 198 g/mol. The van der Waals surface area contributed by atoms with Crippen LogP contribution in [0.1, 0.15) is 64.7 Å². The lowest BCUT2D eigenvalue weighted by atomic mass is 10.0. The van der Waals surface area contributed by atoms with Crippen molar-refractivity contribution in [2.45, 2.75) is 82.9 Å². The van der Waals surface area contributed by atoms with Crippen molar-refractivity contribution in [3.05, 3.63) is 0 Å². The highest BCUT2D eigenvalue weighted by Gasteiger charge is 2.28. The Morgan fingerprint density at radius 3 is 2.62 bits per heavy atom. The van der Waals surface area contributed by atoms with E-state index in [0.717, 1.165) is 12.3 Å². The van der Waals surface area contributed by atoms with Crippen LogP contribution in [0, 0.1) is 5.92 Å². The van der Waals surface area contributed by atoms with Crippen molar-refractivity contribution in [2.24, 2.45) is 5.92 Å². The molecule has 2 fully saturated rings. The lowest BCUT2D eigenvalue weighted by molar-refractivity contribution is 0.113. The van der Waals surface area contributed by atoms with Crippen molar-refractivity contribution in [1.82, 2.24) is 5.32 Å². The van der Waals surface area contributed by atoms with Gasteiger partial charge in [-0.25, -0.2) is 0 Å². The number of aliphatic hydroxyl groups is 1. The highest BCUT2D eigenvalue weighted by Crippen LogP contribution is 2.29. The molecule has 2 aliphatic carbocycles. The molecule has 0 radical (unpaired) electrons. The fourth-order valence-corrected chi connectivity index (χ4v) is 3.38. The van der Waals surface area contributed by atoms with Crippen molar-refractivity contribution in [1.29, 1.82) is 0 Å². The molecule has 2 nitrogen and oxygen atoms in total. The molecule has 0 spiro atoms. The first kappa shape index (κ1) is 12.4. The first-order valence-corrected chi connectivity index (χ1v) is 7.23. The molecule has 2 aliphatic rings. The van der Waals surface area contributed by atoms with Gasteiger partial charge in [0.25, 0.3) is 0 Å². The van der Waals surface area contributed by atoms with Crippen LogP contribution in [0.4, 0.5) is 0 Å². The summed E-state index contributed by atoms with van der Waals surface area (Å²) in [6.45, 7) is 2.30. The summed E-state index contributed by atoms with van der Waals surface area (Å²) >= 11 is 0. The minimum absolute atomic E-state index is 0.0943. The van der Waals surface area contributed by atoms with Crippen LogP contribution in [0.25, 0.3) is 0 Å². The second-order valence-electron chi connectivity index (χ2n) is 5.76. The quantitative estimate of drug-likeness (QED) is 0.724. The van der Waals surface area contributed by atoms with E-state index in [9.17, 15) is 5.11 Å². The van der Waals surface area contributed by atoms with Gasteiger partial charge in [0.2, 0.25) is 0 Å². The second kappa shape index (κ2) is 6.02. The van der Waals surface area contributed by atoms with Crippen LogP contribution in [-0.4, -0.2) is 23.3 Å². The fraction of sp³-hybridized carbons (Fsp3) is 1.00. The number of rotatable bonds is 3. The van der Waals surface area contributed by atoms with E-state index in [1.54, 1.807) is 0 Å². The predicted molar refractivity (Wildman–Crippen MR) is 67.4 cm³/mol. The zero-order valence-corrected chi connectivity index (χ0v) is 10.6. The summed E-state index contributed by atoms with van der Waals surface area (Å²) in [5, 5.41) is 13.8. The summed E-state index contributed by atoms with van der Waals surface area (Å²) in [5.74, 6) is 0.931. The molecule has 0 bridgehead atoms. The third-order valence-corrected chi connectivity index (χ3v) is 4.55. The van der Waals surface area contributed by atoms with Crippen LogP contribution in [0.3, 0.4) is 0 Å². The van der Waals surface area contributed by atoms with Gasteiger partial charge in [0, 0.05) is 12.1 Å². The SMILES string of the molecule is CCC1CCC(NC2CCCCCC2O)C1. The van der Waals surface area contributed by atoms with Crippen LogP contribution in [0.15, 0.2) is 0 Å². The van der Waals surface area contributed by atoms with E-state index in [1.165, 1.54) is 51.4 Å². The van der Waals surface area contributed by atoms with E-state index in [4.69, 9.17) is 0 Å². The maximum atomic E-state index is 10.1. The number of nitrogens with one attached hydrogen (secondary N) is 1. The smallest absolute Gasteiger partial charge is 0.0693 e. The fourth-order valence-electron chi connectivity index (χ4n) is 3.38. The van der Waals surface area contributed by atoms with Gasteiger partial charge in [-0.3, -0.25) is 0 Å². The van der Waals surface area contributed by atoms with Gasteiger partial charge in [-0.05, 0) is 38.0 Å². The zero-order chi connectivity index (χ0) is 11.4. The standard InChI is InChI=1S/C14H27NO/c1-2-11-8-9-12(10-11)15-13-6-4-3-5-7-14(13)16/h11-16H,2-10H2,1H3. The van der Waals surface area contributed by atoms with Crippen LogP contribution in [0.2, 0.25) is 0 Å². The summed E-state index contributed by atoms with van der Waals surface area (Å²) in [5.41, 5.74) is 0. The van der Waals surface area contributed by atoms with Crippen molar-refractivity contribution in [2.75, 3.05) is 0 Å². The number of hydrogen-bond donors (Lipinski definition) is 2. The summed E-state index contributed by atoms with van der Waals surface area (Å²) in [6, 6.07) is 1.06. The van der Waals surface area contributed by atoms with Gasteiger partial charge < -0.3 is 10.4 Å². The van der Waals surface area contributed by atoms with E-state index in [2.05, 4.69) is 12.2 Å². The zero-order valence-electron chi connectivity index (χ0n) is 10.6. The van der Waals surface area contributed by atoms with E-state index in [1.807, 2.05) is 0 Å². The molecular formula is C14H27NO. The highest BCUT2D eigenvalue weighted by molar-refractivity contribution is 4.86. The van der Waals surface area contributed by atoms with Crippen LogP contribution < -0.4 is 5.32 Å². The number of aliphatic hydroxyl groups excluding tert-OH is 1. The van der Waals surface area contributed by atoms with E-state index in [-0.39, 0.29) is 6.10 Å². The average Bonchev–Trinajstić information content (AvgIpc) is 2.65. The van der Waals surface area contributed by atoms with Crippen LogP contribution in [0.5, 0.6) is 0 Å².